The smallest absolute Gasteiger partial charge is 0.303 e. The molecule has 0 amide bonds. The molecule has 0 atom stereocenters. The Morgan fingerprint density at radius 3 is 1.67 bits per heavy atom. The lowest BCUT2D eigenvalue weighted by Crippen LogP contribution is -2.18. The van der Waals surface area contributed by atoms with E-state index in [9.17, 15) is 4.79 Å². The molecule has 0 spiro atoms. The van der Waals surface area contributed by atoms with Gasteiger partial charge >= 0.3 is 5.97 Å². The van der Waals surface area contributed by atoms with Crippen LogP contribution >= 0.6 is 0 Å². The van der Waals surface area contributed by atoms with Gasteiger partial charge in [0.05, 0.1) is 0 Å². The number of carboxylic acid groups (broad SMARTS) is 1. The van der Waals surface area contributed by atoms with E-state index < -0.39 is 5.97 Å². The van der Waals surface area contributed by atoms with Gasteiger partial charge in [-0.05, 0) is 32.1 Å². The first-order chi connectivity index (χ1) is 11.7. The van der Waals surface area contributed by atoms with E-state index in [4.69, 9.17) is 14.6 Å². The van der Waals surface area contributed by atoms with E-state index >= 15 is 0 Å². The highest BCUT2D eigenvalue weighted by atomic mass is 16.7. The number of hydrogen-bond donors (Lipinski definition) is 1. The van der Waals surface area contributed by atoms with Crippen molar-refractivity contribution in [3.8, 4) is 0 Å². The molecule has 0 aromatic heterocycles. The van der Waals surface area contributed by atoms with Gasteiger partial charge in [0.2, 0.25) is 0 Å². The van der Waals surface area contributed by atoms with Gasteiger partial charge in [-0.25, -0.2) is 0 Å². The van der Waals surface area contributed by atoms with E-state index in [1.165, 1.54) is 32.1 Å². The Morgan fingerprint density at radius 1 is 0.750 bits per heavy atom. The van der Waals surface area contributed by atoms with Gasteiger partial charge < -0.3 is 14.6 Å². The first-order valence-electron chi connectivity index (χ1n) is 10.2. The number of hydrogen-bond acceptors (Lipinski definition) is 3. The molecule has 0 bridgehead atoms. The number of unbranched alkanes of at least 4 members (excludes halogenated alkanes) is 9. The molecule has 0 aromatic carbocycles. The van der Waals surface area contributed by atoms with Crippen molar-refractivity contribution in [2.75, 3.05) is 13.2 Å². The van der Waals surface area contributed by atoms with Crippen molar-refractivity contribution in [1.82, 2.24) is 0 Å². The van der Waals surface area contributed by atoms with E-state index in [0.717, 1.165) is 64.6 Å². The van der Waals surface area contributed by atoms with Gasteiger partial charge in [0.25, 0.3) is 0 Å². The Bertz CT molecular complexity index is 258. The van der Waals surface area contributed by atoms with Crippen LogP contribution in [0, 0.1) is 0 Å². The maximum absolute atomic E-state index is 10.4. The average molecular weight is 345 g/mol. The van der Waals surface area contributed by atoms with Crippen molar-refractivity contribution < 1.29 is 19.4 Å². The van der Waals surface area contributed by atoms with Crippen LogP contribution in [0.1, 0.15) is 104 Å². The predicted octanol–water partition coefficient (Wildman–Crippen LogP) is 5.93. The van der Waals surface area contributed by atoms with E-state index in [0.29, 0.717) is 6.42 Å². The molecule has 0 aliphatic carbocycles. The van der Waals surface area contributed by atoms with Gasteiger partial charge in [-0.1, -0.05) is 65.2 Å². The summed E-state index contributed by atoms with van der Waals surface area (Å²) in [5.41, 5.74) is 0. The molecule has 0 radical (unpaired) electrons. The molecule has 0 rings (SSSR count). The number of carbonyl (C=O) groups is 1. The zero-order valence-corrected chi connectivity index (χ0v) is 16.1. The molecule has 0 aliphatic rings. The van der Waals surface area contributed by atoms with Gasteiger partial charge in [-0.15, -0.1) is 0 Å². The van der Waals surface area contributed by atoms with Crippen molar-refractivity contribution in [2.24, 2.45) is 0 Å². The summed E-state index contributed by atoms with van der Waals surface area (Å²) in [5, 5.41) is 8.57. The molecule has 0 heterocycles. The van der Waals surface area contributed by atoms with Crippen molar-refractivity contribution in [3.05, 3.63) is 0 Å². The fourth-order valence-electron chi connectivity index (χ4n) is 2.58. The highest BCUT2D eigenvalue weighted by Crippen LogP contribution is 2.14. The van der Waals surface area contributed by atoms with Gasteiger partial charge in [0, 0.05) is 19.6 Å². The Kier molecular flexibility index (Phi) is 18.2. The maximum Gasteiger partial charge on any atom is 0.303 e. The van der Waals surface area contributed by atoms with Crippen LogP contribution in [0.4, 0.5) is 0 Å². The number of carboxylic acids is 1. The monoisotopic (exact) mass is 344 g/mol. The Balaban J connectivity index is 3.51. The minimum atomic E-state index is -0.674. The lowest BCUT2D eigenvalue weighted by atomic mass is 10.1. The first-order valence-corrected chi connectivity index (χ1v) is 10.2. The summed E-state index contributed by atoms with van der Waals surface area (Å²) in [6.45, 7) is 5.98. The summed E-state index contributed by atoms with van der Waals surface area (Å²) in [4.78, 5) is 10.4. The highest BCUT2D eigenvalue weighted by molar-refractivity contribution is 5.66. The average Bonchev–Trinajstić information content (AvgIpc) is 2.56. The summed E-state index contributed by atoms with van der Waals surface area (Å²) in [5.74, 6) is -0.674. The molecule has 4 nitrogen and oxygen atoms in total. The lowest BCUT2D eigenvalue weighted by molar-refractivity contribution is -0.147. The van der Waals surface area contributed by atoms with E-state index in [2.05, 4.69) is 13.8 Å². The lowest BCUT2D eigenvalue weighted by Gasteiger charge is -2.18. The van der Waals surface area contributed by atoms with E-state index in [1.807, 2.05) is 0 Å². The molecule has 0 unspecified atom stereocenters. The Hall–Kier alpha value is -0.610. The van der Waals surface area contributed by atoms with E-state index in [-0.39, 0.29) is 6.29 Å². The van der Waals surface area contributed by atoms with Crippen LogP contribution < -0.4 is 0 Å². The fourth-order valence-corrected chi connectivity index (χ4v) is 2.58. The second kappa shape index (κ2) is 18.7. The molecule has 144 valence electrons. The van der Waals surface area contributed by atoms with Crippen molar-refractivity contribution >= 4 is 5.97 Å². The number of rotatable bonds is 19. The second-order valence-electron chi connectivity index (χ2n) is 6.64. The molecular formula is C20H40O4. The van der Waals surface area contributed by atoms with Gasteiger partial charge in [-0.2, -0.15) is 0 Å². The SMILES string of the molecule is CCCCOC(CCCCCCCCCCC(=O)O)OCCCC. The second-order valence-corrected chi connectivity index (χ2v) is 6.64. The van der Waals surface area contributed by atoms with Gasteiger partial charge in [0.1, 0.15) is 0 Å². The normalized spacial score (nSPS) is 11.3. The van der Waals surface area contributed by atoms with Crippen LogP contribution in [0.25, 0.3) is 0 Å². The summed E-state index contributed by atoms with van der Waals surface area (Å²) >= 11 is 0. The molecule has 0 saturated heterocycles. The summed E-state index contributed by atoms with van der Waals surface area (Å²) in [6, 6.07) is 0. The highest BCUT2D eigenvalue weighted by Gasteiger charge is 2.08. The summed E-state index contributed by atoms with van der Waals surface area (Å²) < 4.78 is 11.7. The van der Waals surface area contributed by atoms with Crippen LogP contribution in [0.2, 0.25) is 0 Å². The van der Waals surface area contributed by atoms with E-state index in [1.54, 1.807) is 0 Å². The third kappa shape index (κ3) is 17.7. The molecule has 0 fully saturated rings. The minimum Gasteiger partial charge on any atom is -0.481 e. The Morgan fingerprint density at radius 2 is 1.21 bits per heavy atom. The van der Waals surface area contributed by atoms with Crippen molar-refractivity contribution in [2.45, 2.75) is 110 Å². The molecule has 0 aliphatic heterocycles. The molecule has 0 saturated carbocycles. The van der Waals surface area contributed by atoms with Crippen molar-refractivity contribution in [1.29, 1.82) is 0 Å². The molecule has 24 heavy (non-hydrogen) atoms. The van der Waals surface area contributed by atoms with Crippen LogP contribution in [-0.4, -0.2) is 30.6 Å². The topological polar surface area (TPSA) is 55.8 Å². The third-order valence-electron chi connectivity index (χ3n) is 4.18. The zero-order valence-electron chi connectivity index (χ0n) is 16.1. The summed E-state index contributed by atoms with van der Waals surface area (Å²) in [7, 11) is 0. The molecule has 1 N–H and O–H groups in total. The largest absolute Gasteiger partial charge is 0.481 e. The summed E-state index contributed by atoms with van der Waals surface area (Å²) in [6.07, 6.45) is 15.0. The predicted molar refractivity (Wildman–Crippen MR) is 99.3 cm³/mol. The van der Waals surface area contributed by atoms with Crippen LogP contribution in [0.3, 0.4) is 0 Å². The number of aliphatic carboxylic acids is 1. The third-order valence-corrected chi connectivity index (χ3v) is 4.18. The molecule has 0 aromatic rings. The maximum atomic E-state index is 10.4. The standard InChI is InChI=1S/C20H40O4/c1-3-5-17-23-20(24-18-6-4-2)16-14-12-10-8-7-9-11-13-15-19(21)22/h20H,3-18H2,1-2H3,(H,21,22). The Labute approximate surface area is 149 Å². The quantitative estimate of drug-likeness (QED) is 0.233. The minimum absolute atomic E-state index is 0.0147. The van der Waals surface area contributed by atoms with Crippen LogP contribution in [-0.2, 0) is 14.3 Å². The van der Waals surface area contributed by atoms with Crippen LogP contribution in [0.5, 0.6) is 0 Å². The zero-order chi connectivity index (χ0) is 17.9. The molecule has 4 heteroatoms. The van der Waals surface area contributed by atoms with Gasteiger partial charge in [-0.3, -0.25) is 4.79 Å². The van der Waals surface area contributed by atoms with Crippen molar-refractivity contribution in [3.63, 3.8) is 0 Å². The number of ether oxygens (including phenoxy) is 2. The molecular weight excluding hydrogens is 304 g/mol. The van der Waals surface area contributed by atoms with Crippen LogP contribution in [0.15, 0.2) is 0 Å². The fraction of sp³-hybridized carbons (Fsp3) is 0.950. The first kappa shape index (κ1) is 23.4. The van der Waals surface area contributed by atoms with Gasteiger partial charge in [0.15, 0.2) is 6.29 Å².